The van der Waals surface area contributed by atoms with Crippen LogP contribution in [0.5, 0.6) is 0 Å². The molecule has 0 amide bonds. The molecule has 1 aromatic rings. The highest BCUT2D eigenvalue weighted by molar-refractivity contribution is 14.1. The first-order valence-electron chi connectivity index (χ1n) is 5.41. The Kier molecular flexibility index (Phi) is 7.94. The molecule has 0 aliphatic heterocycles. The third-order valence-corrected chi connectivity index (χ3v) is 6.71. The Balaban J connectivity index is 2.49. The zero-order valence-electron chi connectivity index (χ0n) is 10.1. The normalized spacial score (nSPS) is 11.4. The van der Waals surface area contributed by atoms with E-state index in [-0.39, 0.29) is 13.0 Å². The summed E-state index contributed by atoms with van der Waals surface area (Å²) in [5.74, 6) is -1.18. The molecular formula is C11H10I3O5S-. The molecule has 1 aromatic carbocycles. The summed E-state index contributed by atoms with van der Waals surface area (Å²) in [5, 5.41) is 0. The summed E-state index contributed by atoms with van der Waals surface area (Å²) in [5.41, 5.74) is 1.05. The van der Waals surface area contributed by atoms with Crippen molar-refractivity contribution >= 4 is 83.9 Å². The average molecular weight is 635 g/mol. The summed E-state index contributed by atoms with van der Waals surface area (Å²) >= 11 is 6.67. The van der Waals surface area contributed by atoms with E-state index < -0.39 is 21.8 Å². The monoisotopic (exact) mass is 635 g/mol. The molecule has 5 nitrogen and oxygen atoms in total. The van der Waals surface area contributed by atoms with Gasteiger partial charge >= 0.3 is 5.97 Å². The highest BCUT2D eigenvalue weighted by Gasteiger charge is 2.10. The van der Waals surface area contributed by atoms with Crippen LogP contribution in [0.4, 0.5) is 0 Å². The summed E-state index contributed by atoms with van der Waals surface area (Å²) in [7, 11) is -4.34. The van der Waals surface area contributed by atoms with Crippen molar-refractivity contribution < 1.29 is 22.5 Å². The minimum Gasteiger partial charge on any atom is -0.748 e. The summed E-state index contributed by atoms with van der Waals surface area (Å²) in [4.78, 5) is 11.5. The van der Waals surface area contributed by atoms with Crippen molar-refractivity contribution in [1.29, 1.82) is 0 Å². The van der Waals surface area contributed by atoms with Gasteiger partial charge in [0.1, 0.15) is 6.61 Å². The van der Waals surface area contributed by atoms with E-state index in [4.69, 9.17) is 4.74 Å². The number of rotatable bonds is 6. The van der Waals surface area contributed by atoms with Crippen molar-refractivity contribution in [2.24, 2.45) is 0 Å². The van der Waals surface area contributed by atoms with Crippen LogP contribution in [-0.2, 0) is 26.1 Å². The Labute approximate surface area is 158 Å². The van der Waals surface area contributed by atoms with E-state index in [9.17, 15) is 17.8 Å². The molecule has 0 aliphatic rings. The molecule has 0 heterocycles. The standard InChI is InChI=1S/C11H11I3O5S/c12-8-5-7(11(14)9(13)6-8)1-2-10(15)19-3-4-20(16,17)18/h5-6H,1-4H2,(H,16,17,18)/p-1. The zero-order chi connectivity index (χ0) is 15.3. The van der Waals surface area contributed by atoms with Gasteiger partial charge in [0.15, 0.2) is 0 Å². The van der Waals surface area contributed by atoms with E-state index in [0.29, 0.717) is 6.42 Å². The van der Waals surface area contributed by atoms with Gasteiger partial charge in [-0.1, -0.05) is 0 Å². The van der Waals surface area contributed by atoms with Crippen molar-refractivity contribution in [1.82, 2.24) is 0 Å². The zero-order valence-corrected chi connectivity index (χ0v) is 17.4. The third-order valence-electron chi connectivity index (χ3n) is 2.26. The van der Waals surface area contributed by atoms with Gasteiger partial charge in [0.25, 0.3) is 0 Å². The van der Waals surface area contributed by atoms with Crippen LogP contribution in [0.1, 0.15) is 12.0 Å². The molecule has 112 valence electrons. The van der Waals surface area contributed by atoms with Crippen LogP contribution >= 0.6 is 67.8 Å². The van der Waals surface area contributed by atoms with Gasteiger partial charge < -0.3 is 9.29 Å². The van der Waals surface area contributed by atoms with Gasteiger partial charge in [-0.05, 0) is 91.9 Å². The topological polar surface area (TPSA) is 83.5 Å². The van der Waals surface area contributed by atoms with E-state index in [1.165, 1.54) is 0 Å². The van der Waals surface area contributed by atoms with Crippen molar-refractivity contribution in [3.8, 4) is 0 Å². The van der Waals surface area contributed by atoms with Crippen molar-refractivity contribution in [2.75, 3.05) is 12.4 Å². The fourth-order valence-corrected chi connectivity index (χ4v) is 4.19. The minimum absolute atomic E-state index is 0.158. The van der Waals surface area contributed by atoms with Gasteiger partial charge in [-0.3, -0.25) is 4.79 Å². The highest BCUT2D eigenvalue weighted by Crippen LogP contribution is 2.23. The summed E-state index contributed by atoms with van der Waals surface area (Å²) < 4.78 is 39.1. The first-order valence-corrected chi connectivity index (χ1v) is 10.2. The van der Waals surface area contributed by atoms with Crippen LogP contribution < -0.4 is 0 Å². The molecule has 0 atom stereocenters. The number of carbonyl (C=O) groups excluding carboxylic acids is 1. The quantitative estimate of drug-likeness (QED) is 0.208. The molecule has 0 aliphatic carbocycles. The Morgan fingerprint density at radius 1 is 1.25 bits per heavy atom. The number of ether oxygens (including phenoxy) is 1. The average Bonchev–Trinajstić information content (AvgIpc) is 2.30. The Bertz CT molecular complexity index is 600. The lowest BCUT2D eigenvalue weighted by Gasteiger charge is -2.09. The second-order valence-corrected chi connectivity index (χ2v) is 8.85. The summed E-state index contributed by atoms with van der Waals surface area (Å²) in [6.45, 7) is -0.383. The van der Waals surface area contributed by atoms with Crippen LogP contribution in [-0.4, -0.2) is 31.3 Å². The smallest absolute Gasteiger partial charge is 0.306 e. The van der Waals surface area contributed by atoms with Crippen molar-refractivity contribution in [3.63, 3.8) is 0 Å². The second-order valence-electron chi connectivity index (χ2n) is 3.84. The third kappa shape index (κ3) is 7.17. The van der Waals surface area contributed by atoms with Crippen molar-refractivity contribution in [2.45, 2.75) is 12.8 Å². The number of benzene rings is 1. The largest absolute Gasteiger partial charge is 0.748 e. The van der Waals surface area contributed by atoms with Gasteiger partial charge in [-0.25, -0.2) is 8.42 Å². The number of hydrogen-bond donors (Lipinski definition) is 0. The van der Waals surface area contributed by atoms with Gasteiger partial charge in [0.2, 0.25) is 0 Å². The lowest BCUT2D eigenvalue weighted by Crippen LogP contribution is -2.15. The molecule has 0 radical (unpaired) electrons. The van der Waals surface area contributed by atoms with Gasteiger partial charge in [-0.15, -0.1) is 0 Å². The van der Waals surface area contributed by atoms with Crippen molar-refractivity contribution in [3.05, 3.63) is 28.4 Å². The minimum atomic E-state index is -4.34. The molecule has 0 unspecified atom stereocenters. The molecule has 0 N–H and O–H groups in total. The molecular weight excluding hydrogens is 625 g/mol. The molecule has 20 heavy (non-hydrogen) atoms. The van der Waals surface area contributed by atoms with E-state index in [1.807, 2.05) is 12.1 Å². The van der Waals surface area contributed by atoms with Crippen LogP contribution in [0, 0.1) is 10.7 Å². The van der Waals surface area contributed by atoms with E-state index >= 15 is 0 Å². The molecule has 0 bridgehead atoms. The van der Waals surface area contributed by atoms with E-state index in [2.05, 4.69) is 67.8 Å². The number of carbonyl (C=O) groups is 1. The Hall–Kier alpha value is 0.790. The number of halogens is 3. The number of aryl methyl sites for hydroxylation is 1. The lowest BCUT2D eigenvalue weighted by atomic mass is 10.1. The molecule has 0 saturated heterocycles. The molecule has 0 spiro atoms. The number of hydrogen-bond acceptors (Lipinski definition) is 5. The first kappa shape index (κ1) is 18.8. The molecule has 0 saturated carbocycles. The molecule has 9 heteroatoms. The highest BCUT2D eigenvalue weighted by atomic mass is 127. The van der Waals surface area contributed by atoms with E-state index in [1.54, 1.807) is 0 Å². The van der Waals surface area contributed by atoms with Crippen LogP contribution in [0.15, 0.2) is 12.1 Å². The second kappa shape index (κ2) is 8.43. The predicted molar refractivity (Wildman–Crippen MR) is 98.4 cm³/mol. The number of esters is 1. The fraction of sp³-hybridized carbons (Fsp3) is 0.364. The summed E-state index contributed by atoms with van der Waals surface area (Å²) in [6.07, 6.45) is 0.680. The van der Waals surface area contributed by atoms with Gasteiger partial charge in [-0.2, -0.15) is 0 Å². The molecule has 0 aromatic heterocycles. The molecule has 0 fully saturated rings. The maximum atomic E-state index is 11.5. The first-order chi connectivity index (χ1) is 9.19. The maximum absolute atomic E-state index is 11.5. The Morgan fingerprint density at radius 2 is 1.90 bits per heavy atom. The van der Waals surface area contributed by atoms with E-state index in [0.717, 1.165) is 16.3 Å². The lowest BCUT2D eigenvalue weighted by molar-refractivity contribution is -0.142. The van der Waals surface area contributed by atoms with Crippen LogP contribution in [0.3, 0.4) is 0 Å². The maximum Gasteiger partial charge on any atom is 0.306 e. The van der Waals surface area contributed by atoms with Crippen LogP contribution in [0.25, 0.3) is 0 Å². The Morgan fingerprint density at radius 3 is 2.50 bits per heavy atom. The molecule has 1 rings (SSSR count). The van der Waals surface area contributed by atoms with Crippen LogP contribution in [0.2, 0.25) is 0 Å². The van der Waals surface area contributed by atoms with Gasteiger partial charge in [0.05, 0.1) is 15.9 Å². The fourth-order valence-electron chi connectivity index (χ4n) is 1.36. The predicted octanol–water partition coefficient (Wildman–Crippen LogP) is 2.52. The SMILES string of the molecule is O=C(CCc1cc(I)cc(I)c1I)OCCS(=O)(=O)[O-]. The van der Waals surface area contributed by atoms with Gasteiger partial charge in [0, 0.05) is 17.1 Å². The summed E-state index contributed by atoms with van der Waals surface area (Å²) in [6, 6.07) is 4.05.